The number of fused-ring (bicyclic) bond motifs is 2. The molecule has 21 heavy (non-hydrogen) atoms. The van der Waals surface area contributed by atoms with E-state index in [1.54, 1.807) is 0 Å². The van der Waals surface area contributed by atoms with Crippen molar-refractivity contribution in [1.82, 2.24) is 0 Å². The molecule has 0 saturated carbocycles. The first-order valence-corrected chi connectivity index (χ1v) is 8.07. The average molecular weight is 280 g/mol. The zero-order chi connectivity index (χ0) is 15.2. The van der Waals surface area contributed by atoms with E-state index in [1.807, 2.05) is 0 Å². The van der Waals surface area contributed by atoms with Gasteiger partial charge in [0.25, 0.3) is 0 Å². The zero-order valence-electron chi connectivity index (χ0n) is 13.4. The van der Waals surface area contributed by atoms with Crippen LogP contribution in [-0.2, 0) is 4.79 Å². The van der Waals surface area contributed by atoms with Crippen LogP contribution in [0.15, 0.2) is 33.9 Å². The third-order valence-corrected chi connectivity index (χ3v) is 5.71. The Labute approximate surface area is 128 Å². The minimum Gasteiger partial charge on any atom is -0.294 e. The van der Waals surface area contributed by atoms with Crippen molar-refractivity contribution in [1.29, 1.82) is 0 Å². The third-order valence-electron chi connectivity index (χ3n) is 5.71. The van der Waals surface area contributed by atoms with Crippen LogP contribution in [0.25, 0.3) is 0 Å². The lowest BCUT2D eigenvalue weighted by molar-refractivity contribution is -0.122. The van der Waals surface area contributed by atoms with Gasteiger partial charge in [-0.2, -0.15) is 0 Å². The highest BCUT2D eigenvalue weighted by atomic mass is 16.1. The number of carbonyl (C=O) groups excluding carboxylic acids is 1. The van der Waals surface area contributed by atoms with E-state index < -0.39 is 0 Å². The lowest BCUT2D eigenvalue weighted by Crippen LogP contribution is -2.39. The van der Waals surface area contributed by atoms with E-state index in [2.05, 4.69) is 32.8 Å². The molecule has 1 nitrogen and oxygen atoms in total. The molecular weight excluding hydrogens is 256 g/mol. The molecular formula is C20H24O. The van der Waals surface area contributed by atoms with E-state index in [9.17, 15) is 4.79 Å². The van der Waals surface area contributed by atoms with E-state index in [0.29, 0.717) is 5.78 Å². The normalized spacial score (nSPS) is 27.2. The molecule has 0 aromatic heterocycles. The van der Waals surface area contributed by atoms with Crippen LogP contribution in [0.5, 0.6) is 0 Å². The Morgan fingerprint density at radius 3 is 2.81 bits per heavy atom. The zero-order valence-corrected chi connectivity index (χ0v) is 13.4. The Balaban J connectivity index is 1.96. The Kier molecular flexibility index (Phi) is 3.44. The predicted octanol–water partition coefficient (Wildman–Crippen LogP) is 4.75. The molecule has 0 N–H and O–H groups in total. The monoisotopic (exact) mass is 280 g/mol. The van der Waals surface area contributed by atoms with Gasteiger partial charge in [-0.1, -0.05) is 31.1 Å². The fraction of sp³-hybridized carbons (Fsp3) is 0.550. The van der Waals surface area contributed by atoms with Crippen molar-refractivity contribution in [3.8, 4) is 12.3 Å². The van der Waals surface area contributed by atoms with Gasteiger partial charge in [-0.3, -0.25) is 4.79 Å². The summed E-state index contributed by atoms with van der Waals surface area (Å²) < 4.78 is 0. The second kappa shape index (κ2) is 5.02. The summed E-state index contributed by atoms with van der Waals surface area (Å²) in [4.78, 5) is 13.1. The molecule has 0 fully saturated rings. The highest BCUT2D eigenvalue weighted by Crippen LogP contribution is 2.52. The van der Waals surface area contributed by atoms with Crippen LogP contribution in [0.2, 0.25) is 0 Å². The molecule has 3 aliphatic carbocycles. The lowest BCUT2D eigenvalue weighted by Gasteiger charge is -2.44. The molecule has 0 aromatic carbocycles. The van der Waals surface area contributed by atoms with Crippen molar-refractivity contribution < 1.29 is 4.79 Å². The van der Waals surface area contributed by atoms with Crippen LogP contribution in [0, 0.1) is 23.7 Å². The SMILES string of the molecule is C#CCCC1=CC2=C1C(=O)C1CCC(C)=C(CC2)C1(C)C. The fourth-order valence-corrected chi connectivity index (χ4v) is 4.46. The number of carbonyl (C=O) groups is 1. The maximum atomic E-state index is 13.1. The molecule has 0 amide bonds. The highest BCUT2D eigenvalue weighted by Gasteiger charge is 2.45. The van der Waals surface area contributed by atoms with Gasteiger partial charge in [-0.15, -0.1) is 12.3 Å². The molecule has 0 spiro atoms. The molecule has 0 heterocycles. The van der Waals surface area contributed by atoms with Crippen LogP contribution in [0.3, 0.4) is 0 Å². The predicted molar refractivity (Wildman–Crippen MR) is 86.6 cm³/mol. The Morgan fingerprint density at radius 2 is 2.10 bits per heavy atom. The van der Waals surface area contributed by atoms with Gasteiger partial charge in [0.1, 0.15) is 0 Å². The summed E-state index contributed by atoms with van der Waals surface area (Å²) in [5.41, 5.74) is 6.60. The van der Waals surface area contributed by atoms with E-state index in [-0.39, 0.29) is 11.3 Å². The van der Waals surface area contributed by atoms with Crippen molar-refractivity contribution >= 4 is 5.78 Å². The van der Waals surface area contributed by atoms with Crippen molar-refractivity contribution in [2.24, 2.45) is 11.3 Å². The van der Waals surface area contributed by atoms with Crippen molar-refractivity contribution in [2.45, 2.75) is 59.3 Å². The van der Waals surface area contributed by atoms with E-state index in [4.69, 9.17) is 6.42 Å². The van der Waals surface area contributed by atoms with Gasteiger partial charge in [0.2, 0.25) is 0 Å². The van der Waals surface area contributed by atoms with Crippen LogP contribution in [0.1, 0.15) is 59.3 Å². The molecule has 0 saturated heterocycles. The number of rotatable bonds is 2. The first-order chi connectivity index (χ1) is 9.96. The molecule has 110 valence electrons. The van der Waals surface area contributed by atoms with E-state index in [1.165, 1.54) is 22.3 Å². The maximum Gasteiger partial charge on any atom is 0.167 e. The second-order valence-corrected chi connectivity index (χ2v) is 7.21. The van der Waals surface area contributed by atoms with Crippen molar-refractivity contribution in [3.63, 3.8) is 0 Å². The Bertz CT molecular complexity index is 631. The minimum absolute atomic E-state index is 0.0186. The van der Waals surface area contributed by atoms with Crippen molar-refractivity contribution in [2.75, 3.05) is 0 Å². The van der Waals surface area contributed by atoms with Crippen LogP contribution in [-0.4, -0.2) is 5.78 Å². The summed E-state index contributed by atoms with van der Waals surface area (Å²) >= 11 is 0. The van der Waals surface area contributed by atoms with Crippen LogP contribution in [0.4, 0.5) is 0 Å². The second-order valence-electron chi connectivity index (χ2n) is 7.21. The number of terminal acetylenes is 1. The van der Waals surface area contributed by atoms with Crippen LogP contribution < -0.4 is 0 Å². The standard InChI is InChI=1S/C20H24O/c1-5-6-7-14-12-15-9-11-16-13(2)8-10-17(20(16,3)4)19(21)18(14)15/h1,12,17H,6-11H2,2-4H3. The van der Waals surface area contributed by atoms with E-state index in [0.717, 1.165) is 44.1 Å². The molecule has 0 radical (unpaired) electrons. The molecule has 1 unspecified atom stereocenters. The number of ketones is 1. The first-order valence-electron chi connectivity index (χ1n) is 8.07. The minimum atomic E-state index is 0.0186. The smallest absolute Gasteiger partial charge is 0.167 e. The fourth-order valence-electron chi connectivity index (χ4n) is 4.46. The molecule has 1 heteroatoms. The molecule has 3 aliphatic rings. The summed E-state index contributed by atoms with van der Waals surface area (Å²) in [7, 11) is 0. The van der Waals surface area contributed by atoms with Gasteiger partial charge in [-0.25, -0.2) is 0 Å². The van der Waals surface area contributed by atoms with Gasteiger partial charge in [-0.05, 0) is 55.6 Å². The quantitative estimate of drug-likeness (QED) is 0.527. The summed E-state index contributed by atoms with van der Waals surface area (Å²) in [5, 5.41) is 0. The van der Waals surface area contributed by atoms with Crippen LogP contribution >= 0.6 is 0 Å². The van der Waals surface area contributed by atoms with Gasteiger partial charge in [0.05, 0.1) is 0 Å². The summed E-state index contributed by atoms with van der Waals surface area (Å²) in [6.45, 7) is 6.79. The highest BCUT2D eigenvalue weighted by molar-refractivity contribution is 6.05. The maximum absolute atomic E-state index is 13.1. The number of hydrogen-bond donors (Lipinski definition) is 0. The average Bonchev–Trinajstić information content (AvgIpc) is 2.38. The largest absolute Gasteiger partial charge is 0.294 e. The van der Waals surface area contributed by atoms with Gasteiger partial charge in [0.15, 0.2) is 5.78 Å². The molecule has 1 atom stereocenters. The lowest BCUT2D eigenvalue weighted by atomic mass is 9.59. The van der Waals surface area contributed by atoms with Gasteiger partial charge >= 0.3 is 0 Å². The number of Topliss-reactive ketones (excluding diaryl/α,β-unsaturated/α-hetero) is 1. The Morgan fingerprint density at radius 1 is 1.33 bits per heavy atom. The van der Waals surface area contributed by atoms with E-state index >= 15 is 0 Å². The number of hydrogen-bond acceptors (Lipinski definition) is 1. The molecule has 0 aliphatic heterocycles. The first kappa shape index (κ1) is 14.4. The summed E-state index contributed by atoms with van der Waals surface area (Å²) in [5.74, 6) is 3.22. The third kappa shape index (κ3) is 2.13. The molecule has 3 rings (SSSR count). The summed E-state index contributed by atoms with van der Waals surface area (Å²) in [6.07, 6.45) is 13.4. The number of allylic oxidation sites excluding steroid dienone is 6. The molecule has 2 bridgehead atoms. The Hall–Kier alpha value is -1.55. The molecule has 0 aromatic rings. The summed E-state index contributed by atoms with van der Waals surface area (Å²) in [6, 6.07) is 0. The van der Waals surface area contributed by atoms with Gasteiger partial charge < -0.3 is 0 Å². The van der Waals surface area contributed by atoms with Crippen molar-refractivity contribution in [3.05, 3.63) is 33.9 Å². The van der Waals surface area contributed by atoms with Gasteiger partial charge in [0, 0.05) is 17.9 Å². The topological polar surface area (TPSA) is 17.1 Å².